The average molecular weight is 261 g/mol. The lowest BCUT2D eigenvalue weighted by Crippen LogP contribution is -2.13. The highest BCUT2D eigenvalue weighted by atomic mass is 35.5. The molecule has 3 nitrogen and oxygen atoms in total. The smallest absolute Gasteiger partial charge is 0.255 e. The maximum atomic E-state index is 12.0. The number of rotatable bonds is 2. The van der Waals surface area contributed by atoms with Crippen molar-refractivity contribution in [2.24, 2.45) is 0 Å². The van der Waals surface area contributed by atoms with Gasteiger partial charge in [-0.3, -0.25) is 4.79 Å². The zero-order valence-electron chi connectivity index (χ0n) is 10.2. The largest absolute Gasteiger partial charge is 0.319 e. The van der Waals surface area contributed by atoms with Crippen LogP contribution in [0.15, 0.2) is 36.5 Å². The second-order valence-corrected chi connectivity index (χ2v) is 4.47. The van der Waals surface area contributed by atoms with E-state index in [0.717, 1.165) is 11.1 Å². The Bertz CT molecular complexity index is 559. The van der Waals surface area contributed by atoms with Gasteiger partial charge in [-0.2, -0.15) is 0 Å². The first-order valence-corrected chi connectivity index (χ1v) is 5.95. The van der Waals surface area contributed by atoms with E-state index < -0.39 is 0 Å². The van der Waals surface area contributed by atoms with E-state index >= 15 is 0 Å². The number of aromatic nitrogens is 1. The van der Waals surface area contributed by atoms with E-state index in [1.807, 2.05) is 26.0 Å². The van der Waals surface area contributed by atoms with Crippen LogP contribution in [-0.2, 0) is 0 Å². The number of nitrogens with one attached hydrogen (secondary N) is 1. The summed E-state index contributed by atoms with van der Waals surface area (Å²) in [6.45, 7) is 3.85. The first kappa shape index (κ1) is 12.6. The molecule has 2 rings (SSSR count). The highest BCUT2D eigenvalue weighted by molar-refractivity contribution is 6.32. The number of aryl methyl sites for hydroxylation is 2. The molecule has 0 unspecified atom stereocenters. The summed E-state index contributed by atoms with van der Waals surface area (Å²) in [6.07, 6.45) is 1.61. The van der Waals surface area contributed by atoms with Crippen molar-refractivity contribution in [1.82, 2.24) is 4.98 Å². The molecule has 0 spiro atoms. The van der Waals surface area contributed by atoms with Gasteiger partial charge in [-0.25, -0.2) is 4.98 Å². The van der Waals surface area contributed by atoms with Crippen molar-refractivity contribution in [3.8, 4) is 0 Å². The van der Waals surface area contributed by atoms with Crippen molar-refractivity contribution in [2.45, 2.75) is 13.8 Å². The lowest BCUT2D eigenvalue weighted by molar-refractivity contribution is 0.102. The van der Waals surface area contributed by atoms with Crippen LogP contribution in [0.3, 0.4) is 0 Å². The Morgan fingerprint density at radius 1 is 1.17 bits per heavy atom. The van der Waals surface area contributed by atoms with Crippen molar-refractivity contribution in [2.75, 3.05) is 5.32 Å². The highest BCUT2D eigenvalue weighted by Crippen LogP contribution is 2.23. The Hall–Kier alpha value is -1.87. The second kappa shape index (κ2) is 5.19. The number of amides is 1. The summed E-state index contributed by atoms with van der Waals surface area (Å²) >= 11 is 5.96. The number of pyridine rings is 1. The summed E-state index contributed by atoms with van der Waals surface area (Å²) in [7, 11) is 0. The normalized spacial score (nSPS) is 10.2. The van der Waals surface area contributed by atoms with Crippen LogP contribution in [0.2, 0.25) is 5.15 Å². The molecule has 4 heteroatoms. The summed E-state index contributed by atoms with van der Waals surface area (Å²) < 4.78 is 0. The van der Waals surface area contributed by atoms with Gasteiger partial charge in [-0.15, -0.1) is 0 Å². The molecule has 0 saturated carbocycles. The Morgan fingerprint density at radius 2 is 1.83 bits per heavy atom. The molecule has 0 aliphatic rings. The standard InChI is InChI=1S/C14H13ClN2O/c1-9-3-5-11(6-4-9)14(18)17-12-10(2)7-8-16-13(12)15/h3-8H,1-2H3,(H,17,18). The van der Waals surface area contributed by atoms with Crippen LogP contribution in [-0.4, -0.2) is 10.9 Å². The molecule has 92 valence electrons. The zero-order chi connectivity index (χ0) is 13.1. The molecule has 0 saturated heterocycles. The molecule has 2 aromatic rings. The van der Waals surface area contributed by atoms with Crippen LogP contribution in [0, 0.1) is 13.8 Å². The van der Waals surface area contributed by atoms with Gasteiger partial charge < -0.3 is 5.32 Å². The second-order valence-electron chi connectivity index (χ2n) is 4.11. The quantitative estimate of drug-likeness (QED) is 0.839. The first-order valence-electron chi connectivity index (χ1n) is 5.57. The summed E-state index contributed by atoms with van der Waals surface area (Å²) in [5, 5.41) is 3.08. The predicted octanol–water partition coefficient (Wildman–Crippen LogP) is 3.60. The maximum absolute atomic E-state index is 12.0. The number of carbonyl (C=O) groups excluding carboxylic acids is 1. The number of hydrogen-bond acceptors (Lipinski definition) is 2. The number of carbonyl (C=O) groups is 1. The average Bonchev–Trinajstić information content (AvgIpc) is 2.34. The maximum Gasteiger partial charge on any atom is 0.255 e. The van der Waals surface area contributed by atoms with Gasteiger partial charge >= 0.3 is 0 Å². The van der Waals surface area contributed by atoms with Gasteiger partial charge in [0.05, 0.1) is 5.69 Å². The summed E-state index contributed by atoms with van der Waals surface area (Å²) in [6, 6.07) is 9.16. The Kier molecular flexibility index (Phi) is 3.63. The van der Waals surface area contributed by atoms with Crippen molar-refractivity contribution in [3.63, 3.8) is 0 Å². The zero-order valence-corrected chi connectivity index (χ0v) is 11.0. The molecule has 0 bridgehead atoms. The van der Waals surface area contributed by atoms with Crippen LogP contribution in [0.4, 0.5) is 5.69 Å². The molecule has 0 aliphatic carbocycles. The van der Waals surface area contributed by atoms with E-state index in [-0.39, 0.29) is 5.91 Å². The minimum atomic E-state index is -0.187. The molecule has 0 aliphatic heterocycles. The number of benzene rings is 1. The molecule has 0 atom stereocenters. The first-order chi connectivity index (χ1) is 8.58. The number of anilines is 1. The van der Waals surface area contributed by atoms with Crippen LogP contribution >= 0.6 is 11.6 Å². The van der Waals surface area contributed by atoms with Gasteiger partial charge in [0.15, 0.2) is 5.15 Å². The monoisotopic (exact) mass is 260 g/mol. The molecular formula is C14H13ClN2O. The third kappa shape index (κ3) is 2.68. The van der Waals surface area contributed by atoms with Gasteiger partial charge in [0.1, 0.15) is 0 Å². The lowest BCUT2D eigenvalue weighted by Gasteiger charge is -2.09. The third-order valence-electron chi connectivity index (χ3n) is 2.67. The van der Waals surface area contributed by atoms with Gasteiger partial charge in [0.2, 0.25) is 0 Å². The fraction of sp³-hybridized carbons (Fsp3) is 0.143. The van der Waals surface area contributed by atoms with E-state index in [2.05, 4.69) is 10.3 Å². The predicted molar refractivity (Wildman–Crippen MR) is 73.1 cm³/mol. The van der Waals surface area contributed by atoms with E-state index in [9.17, 15) is 4.79 Å². The van der Waals surface area contributed by atoms with Gasteiger partial charge in [0.25, 0.3) is 5.91 Å². The summed E-state index contributed by atoms with van der Waals surface area (Å²) in [5.74, 6) is -0.187. The molecule has 1 N–H and O–H groups in total. The molecule has 0 fully saturated rings. The van der Waals surface area contributed by atoms with Crippen molar-refractivity contribution in [1.29, 1.82) is 0 Å². The van der Waals surface area contributed by atoms with Gasteiger partial charge in [-0.1, -0.05) is 29.3 Å². The SMILES string of the molecule is Cc1ccc(C(=O)Nc2c(C)ccnc2Cl)cc1. The minimum absolute atomic E-state index is 0.187. The molecule has 0 radical (unpaired) electrons. The van der Waals surface area contributed by atoms with Crippen molar-refractivity contribution < 1.29 is 4.79 Å². The van der Waals surface area contributed by atoms with Gasteiger partial charge in [0, 0.05) is 11.8 Å². The molecule has 1 aromatic carbocycles. The Morgan fingerprint density at radius 3 is 2.44 bits per heavy atom. The topological polar surface area (TPSA) is 42.0 Å². The molecule has 1 amide bonds. The van der Waals surface area contributed by atoms with Crippen LogP contribution in [0.25, 0.3) is 0 Å². The van der Waals surface area contributed by atoms with Crippen LogP contribution < -0.4 is 5.32 Å². The number of hydrogen-bond donors (Lipinski definition) is 1. The van der Waals surface area contributed by atoms with E-state index in [1.54, 1.807) is 24.4 Å². The Balaban J connectivity index is 2.24. The van der Waals surface area contributed by atoms with E-state index in [1.165, 1.54) is 0 Å². The Labute approximate surface area is 111 Å². The molecule has 18 heavy (non-hydrogen) atoms. The molecule has 1 aromatic heterocycles. The summed E-state index contributed by atoms with van der Waals surface area (Å²) in [4.78, 5) is 16.0. The van der Waals surface area contributed by atoms with Gasteiger partial charge in [-0.05, 0) is 37.6 Å². The highest BCUT2D eigenvalue weighted by Gasteiger charge is 2.10. The number of nitrogens with zero attached hydrogens (tertiary/aromatic N) is 1. The van der Waals surface area contributed by atoms with Crippen molar-refractivity contribution in [3.05, 3.63) is 58.4 Å². The van der Waals surface area contributed by atoms with E-state index in [0.29, 0.717) is 16.4 Å². The fourth-order valence-electron chi connectivity index (χ4n) is 1.57. The lowest BCUT2D eigenvalue weighted by atomic mass is 10.1. The van der Waals surface area contributed by atoms with Crippen molar-refractivity contribution >= 4 is 23.2 Å². The molecule has 1 heterocycles. The third-order valence-corrected chi connectivity index (χ3v) is 2.95. The van der Waals surface area contributed by atoms with Crippen LogP contribution in [0.1, 0.15) is 21.5 Å². The van der Waals surface area contributed by atoms with Crippen LogP contribution in [0.5, 0.6) is 0 Å². The fourth-order valence-corrected chi connectivity index (χ4v) is 1.82. The summed E-state index contributed by atoms with van der Waals surface area (Å²) in [5.41, 5.74) is 3.15. The van der Waals surface area contributed by atoms with E-state index in [4.69, 9.17) is 11.6 Å². The minimum Gasteiger partial charge on any atom is -0.319 e. The molecular weight excluding hydrogens is 248 g/mol. The number of halogens is 1.